The van der Waals surface area contributed by atoms with Crippen LogP contribution in [0.1, 0.15) is 30.5 Å². The molecule has 3 aromatic carbocycles. The van der Waals surface area contributed by atoms with Crippen molar-refractivity contribution in [1.82, 2.24) is 5.06 Å². The van der Waals surface area contributed by atoms with Crippen molar-refractivity contribution in [2.75, 3.05) is 13.2 Å². The van der Waals surface area contributed by atoms with E-state index in [4.69, 9.17) is 29.5 Å². The summed E-state index contributed by atoms with van der Waals surface area (Å²) in [5, 5.41) is 9.31. The lowest BCUT2D eigenvalue weighted by molar-refractivity contribution is -0.228. The molecule has 232 valence electrons. The normalized spacial score (nSPS) is 26.5. The SMILES string of the molecule is CCOC(=O)[C@H]1[C@@H]2[C@@H](OCc3ccccc3)[C@H](OCc3ccccc3)[C@@H](COCc3ccccc3)N2O[C@]1(C)/N=N/C(N)=O. The van der Waals surface area contributed by atoms with Gasteiger partial charge in [-0.25, -0.2) is 4.79 Å². The first kappa shape index (κ1) is 31.4. The molecule has 0 radical (unpaired) electrons. The van der Waals surface area contributed by atoms with Gasteiger partial charge in [0, 0.05) is 0 Å². The van der Waals surface area contributed by atoms with Crippen molar-refractivity contribution in [3.05, 3.63) is 108 Å². The quantitative estimate of drug-likeness (QED) is 0.218. The van der Waals surface area contributed by atoms with Gasteiger partial charge in [0.1, 0.15) is 18.1 Å². The van der Waals surface area contributed by atoms with Gasteiger partial charge in [0.05, 0.1) is 45.1 Å². The molecular formula is C33H38N4O7. The smallest absolute Gasteiger partial charge is 0.356 e. The number of hydrogen-bond acceptors (Lipinski definition) is 9. The van der Waals surface area contributed by atoms with Crippen LogP contribution >= 0.6 is 0 Å². The Hall–Kier alpha value is -4.00. The molecule has 44 heavy (non-hydrogen) atoms. The van der Waals surface area contributed by atoms with Crippen LogP contribution in [0.5, 0.6) is 0 Å². The molecule has 11 nitrogen and oxygen atoms in total. The number of rotatable bonds is 13. The molecular weight excluding hydrogens is 564 g/mol. The highest BCUT2D eigenvalue weighted by Gasteiger charge is 2.67. The fraction of sp³-hybridized carbons (Fsp3) is 0.394. The monoisotopic (exact) mass is 602 g/mol. The predicted molar refractivity (Wildman–Crippen MR) is 160 cm³/mol. The summed E-state index contributed by atoms with van der Waals surface area (Å²) in [6, 6.07) is 27.1. The second-order valence-electron chi connectivity index (χ2n) is 10.9. The third-order valence-electron chi connectivity index (χ3n) is 7.73. The summed E-state index contributed by atoms with van der Waals surface area (Å²) in [5.74, 6) is -1.58. The summed E-state index contributed by atoms with van der Waals surface area (Å²) in [7, 11) is 0. The highest BCUT2D eigenvalue weighted by atomic mass is 16.7. The average molecular weight is 603 g/mol. The van der Waals surface area contributed by atoms with E-state index in [2.05, 4.69) is 10.2 Å². The van der Waals surface area contributed by atoms with Crippen molar-refractivity contribution >= 4 is 12.0 Å². The Kier molecular flexibility index (Phi) is 10.5. The Morgan fingerprint density at radius 3 is 1.89 bits per heavy atom. The molecule has 11 heteroatoms. The number of urea groups is 1. The zero-order valence-corrected chi connectivity index (χ0v) is 24.9. The summed E-state index contributed by atoms with van der Waals surface area (Å²) < 4.78 is 24.9. The van der Waals surface area contributed by atoms with Gasteiger partial charge in [-0.1, -0.05) is 96.1 Å². The first-order chi connectivity index (χ1) is 21.4. The Bertz CT molecular complexity index is 1400. The molecule has 2 heterocycles. The molecule has 0 unspecified atom stereocenters. The van der Waals surface area contributed by atoms with Gasteiger partial charge in [-0.15, -0.1) is 5.11 Å². The van der Waals surface area contributed by atoms with Crippen LogP contribution in [0, 0.1) is 5.92 Å². The molecule has 0 saturated carbocycles. The molecule has 0 spiro atoms. The molecule has 3 aromatic rings. The second-order valence-corrected chi connectivity index (χ2v) is 10.9. The zero-order valence-electron chi connectivity index (χ0n) is 24.9. The molecule has 0 aliphatic carbocycles. The fourth-order valence-corrected chi connectivity index (χ4v) is 5.77. The zero-order chi connectivity index (χ0) is 30.9. The van der Waals surface area contributed by atoms with Gasteiger partial charge >= 0.3 is 12.0 Å². The molecule has 2 saturated heterocycles. The number of carbonyl (C=O) groups is 2. The topological polar surface area (TPSA) is 134 Å². The van der Waals surface area contributed by atoms with E-state index in [1.54, 1.807) is 18.9 Å². The standard InChI is InChI=1S/C33H38N4O7/c1-3-41-31(38)27-28-30(43-21-25-17-11-6-12-18-25)29(42-20-24-15-9-5-10-16-24)26(22-40-19-23-13-7-4-8-14-23)37(28)44-33(27,2)36-35-32(34)39/h4-18,26-30H,3,19-22H2,1-2H3,(H2,34,39)/b36-35+/t26-,27-,28-,29-,30-,33+/m1/s1. The fourth-order valence-electron chi connectivity index (χ4n) is 5.77. The predicted octanol–water partition coefficient (Wildman–Crippen LogP) is 4.80. The van der Waals surface area contributed by atoms with Crippen LogP contribution in [-0.2, 0) is 48.4 Å². The molecule has 2 N–H and O–H groups in total. The first-order valence-corrected chi connectivity index (χ1v) is 14.7. The van der Waals surface area contributed by atoms with E-state index < -0.39 is 47.9 Å². The van der Waals surface area contributed by atoms with Crippen molar-refractivity contribution in [2.24, 2.45) is 21.9 Å². The van der Waals surface area contributed by atoms with Gasteiger partial charge < -0.3 is 24.7 Å². The van der Waals surface area contributed by atoms with Crippen molar-refractivity contribution in [3.63, 3.8) is 0 Å². The molecule has 2 fully saturated rings. The van der Waals surface area contributed by atoms with E-state index in [0.717, 1.165) is 16.7 Å². The van der Waals surface area contributed by atoms with E-state index in [1.165, 1.54) is 0 Å². The minimum absolute atomic E-state index is 0.137. The first-order valence-electron chi connectivity index (χ1n) is 14.7. The maximum Gasteiger partial charge on any atom is 0.356 e. The summed E-state index contributed by atoms with van der Waals surface area (Å²) >= 11 is 0. The Balaban J connectivity index is 1.50. The summed E-state index contributed by atoms with van der Waals surface area (Å²) in [5.41, 5.74) is 6.62. The third kappa shape index (κ3) is 7.37. The number of primary amides is 1. The van der Waals surface area contributed by atoms with Crippen LogP contribution in [0.4, 0.5) is 4.79 Å². The van der Waals surface area contributed by atoms with Gasteiger partial charge in [-0.2, -0.15) is 5.06 Å². The van der Waals surface area contributed by atoms with Crippen LogP contribution in [0.25, 0.3) is 0 Å². The number of hydroxylamine groups is 2. The van der Waals surface area contributed by atoms with Crippen LogP contribution in [-0.4, -0.2) is 60.3 Å². The van der Waals surface area contributed by atoms with Crippen LogP contribution in [0.15, 0.2) is 101 Å². The Morgan fingerprint density at radius 2 is 1.36 bits per heavy atom. The minimum atomic E-state index is -1.59. The summed E-state index contributed by atoms with van der Waals surface area (Å²) in [6.45, 7) is 4.54. The summed E-state index contributed by atoms with van der Waals surface area (Å²) in [4.78, 5) is 31.6. The van der Waals surface area contributed by atoms with E-state index in [-0.39, 0.29) is 19.8 Å². The van der Waals surface area contributed by atoms with Gasteiger partial charge in [0.15, 0.2) is 0 Å². The van der Waals surface area contributed by atoms with Crippen LogP contribution in [0.2, 0.25) is 0 Å². The number of azo groups is 1. The Labute approximate surface area is 256 Å². The number of nitrogens with zero attached hydrogens (tertiary/aromatic N) is 3. The molecule has 0 bridgehead atoms. The molecule has 2 aliphatic heterocycles. The molecule has 2 amide bonds. The van der Waals surface area contributed by atoms with Crippen molar-refractivity contribution in [1.29, 1.82) is 0 Å². The average Bonchev–Trinajstić information content (AvgIpc) is 3.48. The van der Waals surface area contributed by atoms with E-state index >= 15 is 0 Å². The van der Waals surface area contributed by atoms with Gasteiger partial charge in [-0.3, -0.25) is 9.63 Å². The lowest BCUT2D eigenvalue weighted by Crippen LogP contribution is -2.48. The second kappa shape index (κ2) is 14.7. The van der Waals surface area contributed by atoms with Gasteiger partial charge in [0.25, 0.3) is 0 Å². The molecule has 0 aromatic heterocycles. The number of hydrogen-bond donors (Lipinski definition) is 1. The lowest BCUT2D eigenvalue weighted by atomic mass is 9.87. The van der Waals surface area contributed by atoms with Crippen LogP contribution < -0.4 is 5.73 Å². The number of nitrogens with two attached hydrogens (primary N) is 1. The number of esters is 1. The minimum Gasteiger partial charge on any atom is -0.466 e. The number of fused-ring (bicyclic) bond motifs is 1. The number of benzene rings is 3. The van der Waals surface area contributed by atoms with E-state index in [9.17, 15) is 9.59 Å². The highest BCUT2D eigenvalue weighted by Crippen LogP contribution is 2.48. The number of carbonyl (C=O) groups excluding carboxylic acids is 2. The Morgan fingerprint density at radius 1 is 0.841 bits per heavy atom. The van der Waals surface area contributed by atoms with Crippen molar-refractivity contribution in [2.45, 2.75) is 63.7 Å². The number of amides is 2. The van der Waals surface area contributed by atoms with Crippen molar-refractivity contribution < 1.29 is 33.4 Å². The van der Waals surface area contributed by atoms with Crippen molar-refractivity contribution in [3.8, 4) is 0 Å². The van der Waals surface area contributed by atoms with E-state index in [1.807, 2.05) is 91.0 Å². The molecule has 6 atom stereocenters. The third-order valence-corrected chi connectivity index (χ3v) is 7.73. The van der Waals surface area contributed by atoms with Gasteiger partial charge in [0.2, 0.25) is 5.72 Å². The molecule has 2 aliphatic rings. The lowest BCUT2D eigenvalue weighted by Gasteiger charge is -2.32. The van der Waals surface area contributed by atoms with Crippen LogP contribution in [0.3, 0.4) is 0 Å². The highest BCUT2D eigenvalue weighted by molar-refractivity contribution is 5.76. The largest absolute Gasteiger partial charge is 0.466 e. The number of ether oxygens (including phenoxy) is 4. The van der Waals surface area contributed by atoms with Gasteiger partial charge in [-0.05, 0) is 30.5 Å². The molecule has 5 rings (SSSR count). The summed E-state index contributed by atoms with van der Waals surface area (Å²) in [6.07, 6.45) is -1.25. The maximum absolute atomic E-state index is 13.6. The van der Waals surface area contributed by atoms with E-state index in [0.29, 0.717) is 13.2 Å². The maximum atomic E-state index is 13.6.